The molecule has 0 aromatic rings. The summed E-state index contributed by atoms with van der Waals surface area (Å²) < 4.78 is 0. The molecular formula is C24H43N3O4. The molecule has 7 heteroatoms. The molecule has 1 saturated heterocycles. The van der Waals surface area contributed by atoms with Crippen LogP contribution in [-0.4, -0.2) is 70.4 Å². The first-order valence-electron chi connectivity index (χ1n) is 11.6. The number of aliphatic carboxylic acids is 1. The third-order valence-corrected chi connectivity index (χ3v) is 6.07. The van der Waals surface area contributed by atoms with E-state index in [0.717, 1.165) is 25.8 Å². The van der Waals surface area contributed by atoms with Crippen LogP contribution in [0.4, 0.5) is 0 Å². The van der Waals surface area contributed by atoms with Gasteiger partial charge in [-0.25, -0.2) is 4.79 Å². The lowest BCUT2D eigenvalue weighted by molar-refractivity contribution is -0.139. The van der Waals surface area contributed by atoms with Gasteiger partial charge < -0.3 is 15.3 Å². The second-order valence-corrected chi connectivity index (χ2v) is 9.87. The van der Waals surface area contributed by atoms with E-state index in [-0.39, 0.29) is 47.3 Å². The number of nitrogens with one attached hydrogen (secondary N) is 1. The number of carbonyl (C=O) groups excluding carboxylic acids is 2. The molecule has 2 N–H and O–H groups in total. The first-order valence-corrected chi connectivity index (χ1v) is 11.6. The molecule has 0 bridgehead atoms. The van der Waals surface area contributed by atoms with Gasteiger partial charge in [-0.2, -0.15) is 0 Å². The van der Waals surface area contributed by atoms with Gasteiger partial charge >= 0.3 is 5.97 Å². The van der Waals surface area contributed by atoms with E-state index in [2.05, 4.69) is 24.1 Å². The maximum atomic E-state index is 13.4. The van der Waals surface area contributed by atoms with Crippen LogP contribution in [0.2, 0.25) is 0 Å². The molecule has 0 aromatic carbocycles. The molecule has 1 heterocycles. The van der Waals surface area contributed by atoms with Crippen LogP contribution < -0.4 is 5.32 Å². The van der Waals surface area contributed by atoms with Gasteiger partial charge in [0.05, 0.1) is 12.1 Å². The highest BCUT2D eigenvalue weighted by atomic mass is 16.4. The Morgan fingerprint density at radius 2 is 1.74 bits per heavy atom. The zero-order valence-electron chi connectivity index (χ0n) is 20.6. The molecule has 31 heavy (non-hydrogen) atoms. The van der Waals surface area contributed by atoms with Crippen LogP contribution in [-0.2, 0) is 14.4 Å². The molecule has 1 rings (SSSR count). The molecule has 0 aliphatic carbocycles. The van der Waals surface area contributed by atoms with Gasteiger partial charge in [0.15, 0.2) is 0 Å². The van der Waals surface area contributed by atoms with Crippen molar-refractivity contribution in [3.63, 3.8) is 0 Å². The van der Waals surface area contributed by atoms with Gasteiger partial charge in [0.1, 0.15) is 6.04 Å². The number of nitrogens with zero attached hydrogens (tertiary/aromatic N) is 2. The van der Waals surface area contributed by atoms with Crippen LogP contribution in [0.25, 0.3) is 0 Å². The smallest absolute Gasteiger partial charge is 0.331 e. The predicted molar refractivity (Wildman–Crippen MR) is 124 cm³/mol. The Kier molecular flexibility index (Phi) is 10.7. The van der Waals surface area contributed by atoms with Crippen molar-refractivity contribution in [3.8, 4) is 0 Å². The fourth-order valence-corrected chi connectivity index (χ4v) is 4.29. The van der Waals surface area contributed by atoms with Crippen LogP contribution >= 0.6 is 0 Å². The summed E-state index contributed by atoms with van der Waals surface area (Å²) in [7, 11) is 1.69. The summed E-state index contributed by atoms with van der Waals surface area (Å²) in [6.07, 6.45) is 5.07. The molecule has 1 aliphatic rings. The van der Waals surface area contributed by atoms with Crippen molar-refractivity contribution in [3.05, 3.63) is 11.6 Å². The van der Waals surface area contributed by atoms with Crippen molar-refractivity contribution in [2.24, 2.45) is 11.8 Å². The highest BCUT2D eigenvalue weighted by Crippen LogP contribution is 2.21. The van der Waals surface area contributed by atoms with Gasteiger partial charge in [-0.3, -0.25) is 14.5 Å². The third-order valence-electron chi connectivity index (χ3n) is 6.07. The number of piperidine rings is 1. The molecule has 0 saturated carbocycles. The average Bonchev–Trinajstić information content (AvgIpc) is 2.69. The molecular weight excluding hydrogens is 394 g/mol. The fraction of sp³-hybridized carbons (Fsp3) is 0.792. The quantitative estimate of drug-likeness (QED) is 0.512. The van der Waals surface area contributed by atoms with Crippen LogP contribution in [0.3, 0.4) is 0 Å². The van der Waals surface area contributed by atoms with Crippen LogP contribution in [0.5, 0.6) is 0 Å². The van der Waals surface area contributed by atoms with Gasteiger partial charge in [-0.05, 0) is 58.4 Å². The highest BCUT2D eigenvalue weighted by Gasteiger charge is 2.35. The zero-order valence-corrected chi connectivity index (χ0v) is 20.6. The third kappa shape index (κ3) is 7.95. The molecule has 1 unspecified atom stereocenters. The molecule has 1 aliphatic heterocycles. The van der Waals surface area contributed by atoms with Gasteiger partial charge in [0, 0.05) is 18.7 Å². The number of carbonyl (C=O) groups is 3. The minimum atomic E-state index is -0.996. The van der Waals surface area contributed by atoms with E-state index in [9.17, 15) is 19.5 Å². The lowest BCUT2D eigenvalue weighted by Gasteiger charge is -2.39. The lowest BCUT2D eigenvalue weighted by Crippen LogP contribution is -2.57. The van der Waals surface area contributed by atoms with Crippen molar-refractivity contribution in [1.29, 1.82) is 0 Å². The van der Waals surface area contributed by atoms with E-state index in [1.807, 2.05) is 27.7 Å². The number of carboxylic acid groups (broad SMARTS) is 1. The van der Waals surface area contributed by atoms with E-state index >= 15 is 0 Å². The highest BCUT2D eigenvalue weighted by molar-refractivity contribution is 5.90. The average molecular weight is 438 g/mol. The number of hydrogen-bond donors (Lipinski definition) is 2. The van der Waals surface area contributed by atoms with Gasteiger partial charge in [0.25, 0.3) is 0 Å². The van der Waals surface area contributed by atoms with Gasteiger partial charge in [-0.15, -0.1) is 0 Å². The Morgan fingerprint density at radius 1 is 1.13 bits per heavy atom. The maximum Gasteiger partial charge on any atom is 0.331 e. The topological polar surface area (TPSA) is 90.0 Å². The number of likely N-dealkylation sites (tertiary alicyclic amines) is 1. The van der Waals surface area contributed by atoms with E-state index < -0.39 is 12.0 Å². The molecule has 0 aromatic heterocycles. The number of carboxylic acids is 1. The molecule has 7 nitrogen and oxygen atoms in total. The standard InChI is InChI=1S/C24H43N3O4/c1-15(2)13-19(25-22(28)20-11-9-10-12-27(20)17(5)6)23(29)26(8)21(16(3)4)14-18(7)24(30)31/h14-17,19-21H,9-13H2,1-8H3,(H,25,28)(H,30,31)/t19-,20?,21+/m0/s1. The number of amides is 2. The molecule has 0 radical (unpaired) electrons. The van der Waals surface area contributed by atoms with Crippen LogP contribution in [0, 0.1) is 11.8 Å². The Labute approximate surface area is 188 Å². The van der Waals surface area contributed by atoms with Crippen molar-refractivity contribution in [2.45, 2.75) is 98.3 Å². The molecule has 0 spiro atoms. The van der Waals surface area contributed by atoms with Crippen molar-refractivity contribution in [2.75, 3.05) is 13.6 Å². The molecule has 3 atom stereocenters. The van der Waals surface area contributed by atoms with E-state index in [1.165, 1.54) is 6.92 Å². The number of rotatable bonds is 10. The summed E-state index contributed by atoms with van der Waals surface area (Å²) >= 11 is 0. The summed E-state index contributed by atoms with van der Waals surface area (Å²) in [6, 6.07) is -0.936. The van der Waals surface area contributed by atoms with Crippen molar-refractivity contribution >= 4 is 17.8 Å². The molecule has 178 valence electrons. The monoisotopic (exact) mass is 437 g/mol. The Balaban J connectivity index is 3.08. The second-order valence-electron chi connectivity index (χ2n) is 9.87. The number of likely N-dealkylation sites (N-methyl/N-ethyl adjacent to an activating group) is 1. The Hall–Kier alpha value is -1.89. The summed E-state index contributed by atoms with van der Waals surface area (Å²) in [5.41, 5.74) is 0.206. The second kappa shape index (κ2) is 12.2. The maximum absolute atomic E-state index is 13.4. The minimum absolute atomic E-state index is 0.0356. The van der Waals surface area contributed by atoms with Gasteiger partial charge in [0.2, 0.25) is 11.8 Å². The van der Waals surface area contributed by atoms with E-state index in [4.69, 9.17) is 0 Å². The fourth-order valence-electron chi connectivity index (χ4n) is 4.29. The first kappa shape index (κ1) is 27.1. The molecule has 2 amide bonds. The largest absolute Gasteiger partial charge is 0.478 e. The SMILES string of the molecule is CC(=C[C@H](C(C)C)N(C)C(=O)[C@H](CC(C)C)NC(=O)C1CCCCN1C(C)C)C(=O)O. The molecule has 1 fully saturated rings. The minimum Gasteiger partial charge on any atom is -0.478 e. The van der Waals surface area contributed by atoms with Crippen LogP contribution in [0.1, 0.15) is 74.1 Å². The van der Waals surface area contributed by atoms with Crippen LogP contribution in [0.15, 0.2) is 11.6 Å². The lowest BCUT2D eigenvalue weighted by atomic mass is 9.96. The first-order chi connectivity index (χ1) is 14.4. The summed E-state index contributed by atoms with van der Waals surface area (Å²) in [4.78, 5) is 41.7. The summed E-state index contributed by atoms with van der Waals surface area (Å²) in [5.74, 6) is -0.997. The Morgan fingerprint density at radius 3 is 2.23 bits per heavy atom. The number of hydrogen-bond acceptors (Lipinski definition) is 4. The van der Waals surface area contributed by atoms with E-state index in [0.29, 0.717) is 6.42 Å². The zero-order chi connectivity index (χ0) is 23.9. The predicted octanol–water partition coefficient (Wildman–Crippen LogP) is 3.29. The van der Waals surface area contributed by atoms with E-state index in [1.54, 1.807) is 18.0 Å². The normalized spacial score (nSPS) is 20.1. The summed E-state index contributed by atoms with van der Waals surface area (Å²) in [6.45, 7) is 14.6. The van der Waals surface area contributed by atoms with Gasteiger partial charge in [-0.1, -0.05) is 40.2 Å². The van der Waals surface area contributed by atoms with Crippen molar-refractivity contribution in [1.82, 2.24) is 15.1 Å². The Bertz CT molecular complexity index is 657. The summed E-state index contributed by atoms with van der Waals surface area (Å²) in [5, 5.41) is 12.3. The van der Waals surface area contributed by atoms with Crippen molar-refractivity contribution < 1.29 is 19.5 Å².